The predicted octanol–water partition coefficient (Wildman–Crippen LogP) is 1.97. The lowest BCUT2D eigenvalue weighted by atomic mass is 9.82. The zero-order valence-corrected chi connectivity index (χ0v) is 11.7. The average Bonchev–Trinajstić information content (AvgIpc) is 2.38. The molecule has 18 heavy (non-hydrogen) atoms. The summed E-state index contributed by atoms with van der Waals surface area (Å²) in [6.07, 6.45) is 3.96. The Hall–Kier alpha value is -0.610. The van der Waals surface area contributed by atoms with Crippen LogP contribution < -0.4 is 5.73 Å². The van der Waals surface area contributed by atoms with Crippen LogP contribution >= 0.6 is 0 Å². The van der Waals surface area contributed by atoms with Crippen molar-refractivity contribution < 1.29 is 14.3 Å². The SMILES string of the molecule is CC(C)COCCOC(=O)C1CCC(CN)CC1. The molecule has 0 heterocycles. The molecule has 0 aliphatic heterocycles. The first-order valence-electron chi connectivity index (χ1n) is 7.08. The van der Waals surface area contributed by atoms with Gasteiger partial charge in [0.1, 0.15) is 6.61 Å². The molecule has 2 N–H and O–H groups in total. The van der Waals surface area contributed by atoms with Gasteiger partial charge in [-0.3, -0.25) is 4.79 Å². The summed E-state index contributed by atoms with van der Waals surface area (Å²) >= 11 is 0. The number of hydrogen-bond donors (Lipinski definition) is 1. The van der Waals surface area contributed by atoms with E-state index in [1.54, 1.807) is 0 Å². The molecule has 0 aromatic heterocycles. The predicted molar refractivity (Wildman–Crippen MR) is 71.1 cm³/mol. The van der Waals surface area contributed by atoms with Crippen LogP contribution in [-0.4, -0.2) is 32.3 Å². The summed E-state index contributed by atoms with van der Waals surface area (Å²) in [4.78, 5) is 11.8. The number of carbonyl (C=O) groups is 1. The Morgan fingerprint density at radius 3 is 2.44 bits per heavy atom. The molecule has 0 atom stereocenters. The molecule has 4 heteroatoms. The van der Waals surface area contributed by atoms with Crippen molar-refractivity contribution in [2.24, 2.45) is 23.5 Å². The third-order valence-electron chi connectivity index (χ3n) is 3.44. The van der Waals surface area contributed by atoms with Crippen molar-refractivity contribution in [3.8, 4) is 0 Å². The largest absolute Gasteiger partial charge is 0.463 e. The van der Waals surface area contributed by atoms with Gasteiger partial charge in [-0.05, 0) is 44.1 Å². The lowest BCUT2D eigenvalue weighted by Crippen LogP contribution is -2.27. The molecule has 0 spiro atoms. The number of rotatable bonds is 7. The summed E-state index contributed by atoms with van der Waals surface area (Å²) in [6, 6.07) is 0. The van der Waals surface area contributed by atoms with Crippen LogP contribution in [0.3, 0.4) is 0 Å². The number of nitrogens with two attached hydrogens (primary N) is 1. The minimum absolute atomic E-state index is 0.0568. The second-order valence-corrected chi connectivity index (χ2v) is 5.59. The molecular formula is C14H27NO3. The quantitative estimate of drug-likeness (QED) is 0.559. The molecule has 0 aromatic carbocycles. The summed E-state index contributed by atoms with van der Waals surface area (Å²) in [5.74, 6) is 1.15. The highest BCUT2D eigenvalue weighted by atomic mass is 16.6. The Bertz CT molecular complexity index is 235. The molecule has 0 amide bonds. The van der Waals surface area contributed by atoms with E-state index in [1.165, 1.54) is 0 Å². The third-order valence-corrected chi connectivity index (χ3v) is 3.44. The van der Waals surface area contributed by atoms with Gasteiger partial charge in [0.15, 0.2) is 0 Å². The van der Waals surface area contributed by atoms with Crippen LogP contribution in [0.25, 0.3) is 0 Å². The van der Waals surface area contributed by atoms with Crippen LogP contribution in [0, 0.1) is 17.8 Å². The van der Waals surface area contributed by atoms with Gasteiger partial charge >= 0.3 is 5.97 Å². The van der Waals surface area contributed by atoms with Crippen molar-refractivity contribution >= 4 is 5.97 Å². The summed E-state index contributed by atoms with van der Waals surface area (Å²) in [5.41, 5.74) is 5.63. The first-order chi connectivity index (χ1) is 8.63. The molecule has 0 bridgehead atoms. The van der Waals surface area contributed by atoms with Crippen LogP contribution in [0.15, 0.2) is 0 Å². The maximum absolute atomic E-state index is 11.8. The summed E-state index contributed by atoms with van der Waals surface area (Å²) in [5, 5.41) is 0. The second-order valence-electron chi connectivity index (χ2n) is 5.59. The summed E-state index contributed by atoms with van der Waals surface area (Å²) < 4.78 is 10.6. The lowest BCUT2D eigenvalue weighted by molar-refractivity contribution is -0.151. The normalized spacial score (nSPS) is 24.2. The average molecular weight is 257 g/mol. The molecule has 1 aliphatic rings. The molecule has 1 aliphatic carbocycles. The molecular weight excluding hydrogens is 230 g/mol. The van der Waals surface area contributed by atoms with Gasteiger partial charge in [-0.25, -0.2) is 0 Å². The van der Waals surface area contributed by atoms with E-state index in [9.17, 15) is 4.79 Å². The molecule has 0 aromatic rings. The fraction of sp³-hybridized carbons (Fsp3) is 0.929. The molecule has 0 radical (unpaired) electrons. The topological polar surface area (TPSA) is 61.5 Å². The fourth-order valence-corrected chi connectivity index (χ4v) is 2.27. The molecule has 1 saturated carbocycles. The Morgan fingerprint density at radius 2 is 1.89 bits per heavy atom. The van der Waals surface area contributed by atoms with Crippen LogP contribution in [0.4, 0.5) is 0 Å². The van der Waals surface area contributed by atoms with E-state index in [0.717, 1.165) is 38.8 Å². The molecule has 1 rings (SSSR count). The molecule has 4 nitrogen and oxygen atoms in total. The van der Waals surface area contributed by atoms with Gasteiger partial charge in [0, 0.05) is 6.61 Å². The molecule has 0 saturated heterocycles. The van der Waals surface area contributed by atoms with Crippen LogP contribution in [0.1, 0.15) is 39.5 Å². The van der Waals surface area contributed by atoms with Gasteiger partial charge in [0.25, 0.3) is 0 Å². The number of ether oxygens (including phenoxy) is 2. The van der Waals surface area contributed by atoms with Crippen molar-refractivity contribution in [1.82, 2.24) is 0 Å². The monoisotopic (exact) mass is 257 g/mol. The van der Waals surface area contributed by atoms with E-state index >= 15 is 0 Å². The minimum atomic E-state index is -0.0568. The van der Waals surface area contributed by atoms with Crippen LogP contribution in [0.2, 0.25) is 0 Å². The van der Waals surface area contributed by atoms with Crippen molar-refractivity contribution in [1.29, 1.82) is 0 Å². The molecule has 0 unspecified atom stereocenters. The van der Waals surface area contributed by atoms with Gasteiger partial charge in [-0.2, -0.15) is 0 Å². The van der Waals surface area contributed by atoms with Gasteiger partial charge in [-0.15, -0.1) is 0 Å². The number of carbonyl (C=O) groups excluding carboxylic acids is 1. The molecule has 1 fully saturated rings. The second kappa shape index (κ2) is 8.48. The van der Waals surface area contributed by atoms with E-state index < -0.39 is 0 Å². The van der Waals surface area contributed by atoms with Crippen LogP contribution in [0.5, 0.6) is 0 Å². The highest BCUT2D eigenvalue weighted by Crippen LogP contribution is 2.28. The van der Waals surface area contributed by atoms with E-state index in [1.807, 2.05) is 0 Å². The fourth-order valence-electron chi connectivity index (χ4n) is 2.27. The van der Waals surface area contributed by atoms with E-state index in [-0.39, 0.29) is 11.9 Å². The van der Waals surface area contributed by atoms with E-state index in [4.69, 9.17) is 15.2 Å². The lowest BCUT2D eigenvalue weighted by Gasteiger charge is -2.26. The minimum Gasteiger partial charge on any atom is -0.463 e. The van der Waals surface area contributed by atoms with Crippen molar-refractivity contribution in [3.05, 3.63) is 0 Å². The first kappa shape index (κ1) is 15.4. The van der Waals surface area contributed by atoms with Crippen molar-refractivity contribution in [2.75, 3.05) is 26.4 Å². The number of esters is 1. The van der Waals surface area contributed by atoms with Gasteiger partial charge in [0.2, 0.25) is 0 Å². The summed E-state index contributed by atoms with van der Waals surface area (Å²) in [7, 11) is 0. The van der Waals surface area contributed by atoms with Gasteiger partial charge in [-0.1, -0.05) is 13.8 Å². The Kier molecular flexibility index (Phi) is 7.28. The zero-order valence-electron chi connectivity index (χ0n) is 11.7. The van der Waals surface area contributed by atoms with E-state index in [0.29, 0.717) is 25.0 Å². The Balaban J connectivity index is 2.07. The maximum Gasteiger partial charge on any atom is 0.309 e. The maximum atomic E-state index is 11.8. The molecule has 106 valence electrons. The zero-order chi connectivity index (χ0) is 13.4. The van der Waals surface area contributed by atoms with Crippen molar-refractivity contribution in [2.45, 2.75) is 39.5 Å². The van der Waals surface area contributed by atoms with Gasteiger partial charge < -0.3 is 15.2 Å². The third kappa shape index (κ3) is 5.83. The smallest absolute Gasteiger partial charge is 0.309 e. The highest BCUT2D eigenvalue weighted by Gasteiger charge is 2.26. The van der Waals surface area contributed by atoms with E-state index in [2.05, 4.69) is 13.8 Å². The number of hydrogen-bond acceptors (Lipinski definition) is 4. The summed E-state index contributed by atoms with van der Waals surface area (Å²) in [6.45, 7) is 6.54. The Labute approximate surface area is 110 Å². The van der Waals surface area contributed by atoms with Crippen LogP contribution in [-0.2, 0) is 14.3 Å². The van der Waals surface area contributed by atoms with Crippen molar-refractivity contribution in [3.63, 3.8) is 0 Å². The first-order valence-corrected chi connectivity index (χ1v) is 7.08. The standard InChI is InChI=1S/C14H27NO3/c1-11(2)10-17-7-8-18-14(16)13-5-3-12(9-15)4-6-13/h11-13H,3-10,15H2,1-2H3. The van der Waals surface area contributed by atoms with Gasteiger partial charge in [0.05, 0.1) is 12.5 Å². The highest BCUT2D eigenvalue weighted by molar-refractivity contribution is 5.72. The Morgan fingerprint density at radius 1 is 1.22 bits per heavy atom.